The van der Waals surface area contributed by atoms with Gasteiger partial charge in [-0.05, 0) is 61.3 Å². The molecule has 8 heteroatoms. The van der Waals surface area contributed by atoms with Crippen molar-refractivity contribution in [2.24, 2.45) is 5.41 Å². The van der Waals surface area contributed by atoms with Crippen molar-refractivity contribution >= 4 is 33.9 Å². The van der Waals surface area contributed by atoms with Gasteiger partial charge in [-0.25, -0.2) is 14.5 Å². The van der Waals surface area contributed by atoms with E-state index in [-0.39, 0.29) is 12.8 Å². The fraction of sp³-hybridized carbons (Fsp3) is 0.476. The van der Waals surface area contributed by atoms with Crippen LogP contribution >= 0.6 is 15.9 Å². The molecule has 0 bridgehead atoms. The van der Waals surface area contributed by atoms with Gasteiger partial charge in [0.15, 0.2) is 0 Å². The molecule has 29 heavy (non-hydrogen) atoms. The van der Waals surface area contributed by atoms with Gasteiger partial charge < -0.3 is 14.6 Å². The molecule has 2 amide bonds. The minimum Gasteiger partial charge on any atom is -0.452 e. The van der Waals surface area contributed by atoms with Crippen LogP contribution in [0.25, 0.3) is 0 Å². The summed E-state index contributed by atoms with van der Waals surface area (Å²) in [4.78, 5) is 38.7. The number of nitrogens with zero attached hydrogens (tertiary/aromatic N) is 1. The Kier molecular flexibility index (Phi) is 5.62. The number of aliphatic hydroxyl groups is 1. The van der Waals surface area contributed by atoms with Crippen LogP contribution < -0.4 is 0 Å². The first kappa shape index (κ1) is 21.5. The Hall–Kier alpha value is -2.19. The predicted molar refractivity (Wildman–Crippen MR) is 108 cm³/mol. The minimum absolute atomic E-state index is 0.0695. The molecule has 1 fully saturated rings. The van der Waals surface area contributed by atoms with E-state index in [0.29, 0.717) is 15.7 Å². The monoisotopic (exact) mass is 465 g/mol. The zero-order chi connectivity index (χ0) is 21.6. The summed E-state index contributed by atoms with van der Waals surface area (Å²) in [5, 5.41) is 10.6. The first-order valence-electron chi connectivity index (χ1n) is 9.33. The number of hydrogen-bond acceptors (Lipinski definition) is 6. The van der Waals surface area contributed by atoms with Crippen LogP contribution in [-0.4, -0.2) is 45.8 Å². The lowest BCUT2D eigenvalue weighted by Gasteiger charge is -2.37. The Morgan fingerprint density at radius 1 is 1.28 bits per heavy atom. The van der Waals surface area contributed by atoms with E-state index < -0.39 is 41.2 Å². The van der Waals surface area contributed by atoms with Crippen molar-refractivity contribution in [3.63, 3.8) is 0 Å². The van der Waals surface area contributed by atoms with Gasteiger partial charge in [-0.1, -0.05) is 19.1 Å². The van der Waals surface area contributed by atoms with Crippen molar-refractivity contribution in [2.45, 2.75) is 58.3 Å². The standard InChI is InChI=1S/C21H24BrNO6/c1-20(2,3)29-19(27)23-16-9-15(14(24)10-21(16,4)11-17(23)25)28-18(26)12-7-5-6-8-13(12)22/h5-9,14-15,24H,10-11H2,1-4H3/t14-,15?,21-/m0/s1. The Balaban J connectivity index is 1.89. The molecule has 1 unspecified atom stereocenters. The van der Waals surface area contributed by atoms with Crippen molar-refractivity contribution in [1.82, 2.24) is 4.90 Å². The molecule has 1 heterocycles. The highest BCUT2D eigenvalue weighted by molar-refractivity contribution is 9.10. The van der Waals surface area contributed by atoms with Crippen molar-refractivity contribution in [3.8, 4) is 0 Å². The predicted octanol–water partition coefficient (Wildman–Crippen LogP) is 3.80. The number of aliphatic hydroxyl groups excluding tert-OH is 1. The normalized spacial score (nSPS) is 26.6. The third-order valence-electron chi connectivity index (χ3n) is 4.92. The van der Waals surface area contributed by atoms with Crippen molar-refractivity contribution < 1.29 is 29.0 Å². The van der Waals surface area contributed by atoms with Crippen molar-refractivity contribution in [3.05, 3.63) is 46.1 Å². The van der Waals surface area contributed by atoms with E-state index in [9.17, 15) is 19.5 Å². The summed E-state index contributed by atoms with van der Waals surface area (Å²) in [7, 11) is 0. The first-order chi connectivity index (χ1) is 13.4. The summed E-state index contributed by atoms with van der Waals surface area (Å²) in [6.45, 7) is 6.94. The number of allylic oxidation sites excluding steroid dienone is 1. The number of fused-ring (bicyclic) bond motifs is 1. The Bertz CT molecular complexity index is 889. The molecule has 1 aromatic rings. The molecule has 1 saturated heterocycles. The molecule has 0 aromatic heterocycles. The average molecular weight is 466 g/mol. The summed E-state index contributed by atoms with van der Waals surface area (Å²) in [5.41, 5.74) is -0.787. The lowest BCUT2D eigenvalue weighted by Crippen LogP contribution is -2.43. The van der Waals surface area contributed by atoms with E-state index in [2.05, 4.69) is 15.9 Å². The number of benzene rings is 1. The quantitative estimate of drug-likeness (QED) is 0.667. The maximum absolute atomic E-state index is 12.6. The topological polar surface area (TPSA) is 93.1 Å². The van der Waals surface area contributed by atoms with Crippen LogP contribution in [0.1, 0.15) is 50.9 Å². The smallest absolute Gasteiger partial charge is 0.421 e. The van der Waals surface area contributed by atoms with E-state index in [1.807, 2.05) is 0 Å². The van der Waals surface area contributed by atoms with Crippen LogP contribution in [-0.2, 0) is 14.3 Å². The van der Waals surface area contributed by atoms with Gasteiger partial charge in [0.2, 0.25) is 5.91 Å². The number of carbonyl (C=O) groups is 3. The van der Waals surface area contributed by atoms with Crippen LogP contribution in [0.15, 0.2) is 40.5 Å². The zero-order valence-electron chi connectivity index (χ0n) is 16.8. The second-order valence-corrected chi connectivity index (χ2v) is 9.47. The minimum atomic E-state index is -0.999. The molecular weight excluding hydrogens is 442 g/mol. The number of hydrogen-bond donors (Lipinski definition) is 1. The number of halogens is 1. The highest BCUT2D eigenvalue weighted by Gasteiger charge is 2.53. The van der Waals surface area contributed by atoms with Gasteiger partial charge in [0.05, 0.1) is 11.7 Å². The van der Waals surface area contributed by atoms with Crippen LogP contribution in [0.4, 0.5) is 4.79 Å². The van der Waals surface area contributed by atoms with Gasteiger partial charge in [-0.2, -0.15) is 0 Å². The summed E-state index contributed by atoms with van der Waals surface area (Å²) in [6.07, 6.45) is -1.03. The molecule has 156 valence electrons. The fourth-order valence-electron chi connectivity index (χ4n) is 3.64. The molecule has 1 aromatic carbocycles. The second-order valence-electron chi connectivity index (χ2n) is 8.62. The lowest BCUT2D eigenvalue weighted by molar-refractivity contribution is -0.126. The molecule has 3 rings (SSSR count). The SMILES string of the molecule is CC(C)(C)OC(=O)N1C(=O)C[C@]2(C)C[C@H](O)C(OC(=O)c3ccccc3Br)C=C12. The average Bonchev–Trinajstić information content (AvgIpc) is 2.83. The van der Waals surface area contributed by atoms with Crippen molar-refractivity contribution in [1.29, 1.82) is 0 Å². The van der Waals surface area contributed by atoms with E-state index in [0.717, 1.165) is 4.90 Å². The molecule has 7 nitrogen and oxygen atoms in total. The largest absolute Gasteiger partial charge is 0.452 e. The Labute approximate surface area is 177 Å². The fourth-order valence-corrected chi connectivity index (χ4v) is 4.09. The van der Waals surface area contributed by atoms with Gasteiger partial charge in [0, 0.05) is 22.0 Å². The Morgan fingerprint density at radius 2 is 1.93 bits per heavy atom. The molecule has 0 saturated carbocycles. The van der Waals surface area contributed by atoms with Crippen LogP contribution in [0.3, 0.4) is 0 Å². The van der Waals surface area contributed by atoms with Gasteiger partial charge in [-0.3, -0.25) is 4.79 Å². The van der Waals surface area contributed by atoms with E-state index in [4.69, 9.17) is 9.47 Å². The van der Waals surface area contributed by atoms with Gasteiger partial charge in [0.25, 0.3) is 0 Å². The number of imide groups is 1. The maximum atomic E-state index is 12.6. The van der Waals surface area contributed by atoms with Gasteiger partial charge >= 0.3 is 12.1 Å². The number of amides is 2. The zero-order valence-corrected chi connectivity index (χ0v) is 18.4. The van der Waals surface area contributed by atoms with E-state index in [1.54, 1.807) is 52.0 Å². The summed E-state index contributed by atoms with van der Waals surface area (Å²) in [5.74, 6) is -1.02. The first-order valence-corrected chi connectivity index (χ1v) is 10.1. The molecule has 0 radical (unpaired) electrons. The van der Waals surface area contributed by atoms with Crippen LogP contribution in [0.5, 0.6) is 0 Å². The van der Waals surface area contributed by atoms with Gasteiger partial charge in [-0.15, -0.1) is 0 Å². The molecule has 2 aliphatic rings. The molecule has 3 atom stereocenters. The van der Waals surface area contributed by atoms with Gasteiger partial charge in [0.1, 0.15) is 11.7 Å². The number of carbonyl (C=O) groups excluding carboxylic acids is 3. The maximum Gasteiger partial charge on any atom is 0.421 e. The third kappa shape index (κ3) is 4.38. The molecular formula is C21H24BrNO6. The molecule has 1 N–H and O–H groups in total. The summed E-state index contributed by atoms with van der Waals surface area (Å²) >= 11 is 3.30. The number of ether oxygens (including phenoxy) is 2. The number of esters is 1. The molecule has 1 aliphatic carbocycles. The van der Waals surface area contributed by atoms with E-state index in [1.165, 1.54) is 6.08 Å². The Morgan fingerprint density at radius 3 is 2.55 bits per heavy atom. The van der Waals surface area contributed by atoms with Crippen LogP contribution in [0, 0.1) is 5.41 Å². The molecule has 0 spiro atoms. The lowest BCUT2D eigenvalue weighted by atomic mass is 9.75. The van der Waals surface area contributed by atoms with Crippen LogP contribution in [0.2, 0.25) is 0 Å². The second kappa shape index (κ2) is 7.57. The molecule has 1 aliphatic heterocycles. The van der Waals surface area contributed by atoms with Crippen molar-refractivity contribution in [2.75, 3.05) is 0 Å². The number of likely N-dealkylation sites (tertiary alicyclic amines) is 1. The highest BCUT2D eigenvalue weighted by atomic mass is 79.9. The number of rotatable bonds is 2. The van der Waals surface area contributed by atoms with E-state index >= 15 is 0 Å². The third-order valence-corrected chi connectivity index (χ3v) is 5.62. The summed E-state index contributed by atoms with van der Waals surface area (Å²) < 4.78 is 11.4. The summed E-state index contributed by atoms with van der Waals surface area (Å²) in [6, 6.07) is 6.79. The highest BCUT2D eigenvalue weighted by Crippen LogP contribution is 2.48.